The Balaban J connectivity index is 1.60. The van der Waals surface area contributed by atoms with E-state index in [1.54, 1.807) is 55.2 Å². The number of benzene rings is 3. The third kappa shape index (κ3) is 7.44. The Hall–Kier alpha value is -3.35. The van der Waals surface area contributed by atoms with E-state index in [2.05, 4.69) is 4.90 Å². The highest BCUT2D eigenvalue weighted by molar-refractivity contribution is 6.30. The molecule has 2 aliphatic heterocycles. The Kier molecular flexibility index (Phi) is 10.8. The number of carbonyl (C=O) groups is 1. The molecule has 0 bridgehead atoms. The summed E-state index contributed by atoms with van der Waals surface area (Å²) in [5.41, 5.74) is 0.946. The summed E-state index contributed by atoms with van der Waals surface area (Å²) >= 11 is 12.5. The third-order valence-corrected chi connectivity index (χ3v) is 8.63. The summed E-state index contributed by atoms with van der Waals surface area (Å²) in [6.45, 7) is 4.31. The molecule has 0 aromatic heterocycles. The van der Waals surface area contributed by atoms with Gasteiger partial charge in [-0.2, -0.15) is 13.2 Å². The normalized spacial score (nSPS) is 19.1. The van der Waals surface area contributed by atoms with Crippen LogP contribution in [0.4, 0.5) is 18.0 Å². The monoisotopic (exact) mass is 678 g/mol. The van der Waals surface area contributed by atoms with Crippen molar-refractivity contribution >= 4 is 35.1 Å². The van der Waals surface area contributed by atoms with Crippen LogP contribution in [-0.2, 0) is 15.7 Å². The van der Waals surface area contributed by atoms with E-state index in [0.29, 0.717) is 42.8 Å². The molecular weight excluding hydrogens is 644 g/mol. The number of amides is 2. The van der Waals surface area contributed by atoms with Gasteiger partial charge in [0.2, 0.25) is 0 Å². The number of urea groups is 1. The smallest absolute Gasteiger partial charge is 0.416 e. The van der Waals surface area contributed by atoms with Gasteiger partial charge in [-0.15, -0.1) is 0 Å². The average Bonchev–Trinajstić information content (AvgIpc) is 3.44. The summed E-state index contributed by atoms with van der Waals surface area (Å²) in [5.74, 6) is 0.193. The van der Waals surface area contributed by atoms with Crippen molar-refractivity contribution < 1.29 is 32.2 Å². The minimum atomic E-state index is -4.58. The number of carbonyl (C=O) groups excluding carboxylic acids is 1. The number of rotatable bonds is 9. The van der Waals surface area contributed by atoms with Gasteiger partial charge in [0, 0.05) is 57.0 Å². The zero-order valence-corrected chi connectivity index (χ0v) is 27.1. The Morgan fingerprint density at radius 2 is 1.50 bits per heavy atom. The molecule has 2 atom stereocenters. The number of alkyl halides is 3. The first-order chi connectivity index (χ1) is 22.0. The lowest BCUT2D eigenvalue weighted by atomic mass is 9.93. The van der Waals surface area contributed by atoms with Gasteiger partial charge < -0.3 is 19.1 Å². The van der Waals surface area contributed by atoms with Gasteiger partial charge in [0.05, 0.1) is 23.8 Å². The molecule has 2 amide bonds. The third-order valence-electron chi connectivity index (χ3n) is 8.12. The molecule has 3 aromatic carbocycles. The van der Waals surface area contributed by atoms with Gasteiger partial charge in [-0.25, -0.2) is 4.79 Å². The largest absolute Gasteiger partial charge is 0.493 e. The molecule has 46 heavy (non-hydrogen) atoms. The number of piperazine rings is 1. The number of hydrogen-bond donors (Lipinski definition) is 0. The van der Waals surface area contributed by atoms with Crippen molar-refractivity contribution in [3.05, 3.63) is 99.0 Å². The Labute approximate surface area is 276 Å². The summed E-state index contributed by atoms with van der Waals surface area (Å²) < 4.78 is 57.7. The molecule has 2 heterocycles. The van der Waals surface area contributed by atoms with Gasteiger partial charge in [-0.3, -0.25) is 14.8 Å². The van der Waals surface area contributed by atoms with Crippen LogP contribution in [0.25, 0.3) is 0 Å². The molecule has 3 aromatic rings. The summed E-state index contributed by atoms with van der Waals surface area (Å²) in [5, 5.41) is 1.05. The minimum absolute atomic E-state index is 0.0181. The number of nitrogens with zero attached hydrogens (tertiary/aromatic N) is 4. The van der Waals surface area contributed by atoms with Crippen LogP contribution in [0.3, 0.4) is 0 Å². The molecule has 1 fully saturated rings. The van der Waals surface area contributed by atoms with E-state index >= 15 is 0 Å². The molecule has 2 unspecified atom stereocenters. The van der Waals surface area contributed by atoms with Crippen molar-refractivity contribution in [1.82, 2.24) is 14.7 Å². The number of methoxy groups -OCH3 is 2. The lowest BCUT2D eigenvalue weighted by Gasteiger charge is -2.39. The van der Waals surface area contributed by atoms with Crippen LogP contribution in [0.5, 0.6) is 5.75 Å². The fraction of sp³-hybridized carbons (Fsp3) is 0.394. The fourth-order valence-corrected chi connectivity index (χ4v) is 5.99. The molecule has 13 heteroatoms. The van der Waals surface area contributed by atoms with Crippen LogP contribution in [0.2, 0.25) is 10.0 Å². The van der Waals surface area contributed by atoms with Gasteiger partial charge in [0.25, 0.3) is 0 Å². The van der Waals surface area contributed by atoms with E-state index in [-0.39, 0.29) is 29.8 Å². The number of halogens is 5. The first-order valence-corrected chi connectivity index (χ1v) is 15.6. The van der Waals surface area contributed by atoms with Gasteiger partial charge >= 0.3 is 12.2 Å². The van der Waals surface area contributed by atoms with Crippen molar-refractivity contribution in [1.29, 1.82) is 0 Å². The van der Waals surface area contributed by atoms with Crippen molar-refractivity contribution in [3.63, 3.8) is 0 Å². The predicted octanol–water partition coefficient (Wildman–Crippen LogP) is 7.31. The maximum atomic E-state index is 14.6. The maximum absolute atomic E-state index is 14.6. The molecular formula is C33H35Cl2F3N4O4. The van der Waals surface area contributed by atoms with Crippen molar-refractivity contribution in [2.45, 2.75) is 31.5 Å². The van der Waals surface area contributed by atoms with E-state index in [1.165, 1.54) is 6.07 Å². The summed E-state index contributed by atoms with van der Waals surface area (Å²) in [7, 11) is 3.15. The van der Waals surface area contributed by atoms with E-state index in [1.807, 2.05) is 24.3 Å². The van der Waals surface area contributed by atoms with Gasteiger partial charge in [0.15, 0.2) is 6.29 Å². The maximum Gasteiger partial charge on any atom is 0.416 e. The highest BCUT2D eigenvalue weighted by Crippen LogP contribution is 2.46. The topological polar surface area (TPSA) is 66.8 Å². The number of amidine groups is 1. The molecule has 1 saturated heterocycles. The summed E-state index contributed by atoms with van der Waals surface area (Å²) in [4.78, 5) is 25.2. The minimum Gasteiger partial charge on any atom is -0.493 e. The highest BCUT2D eigenvalue weighted by Gasteiger charge is 2.45. The quantitative estimate of drug-likeness (QED) is 0.222. The van der Waals surface area contributed by atoms with Gasteiger partial charge in [-0.1, -0.05) is 47.5 Å². The number of aliphatic imine (C=N–C) groups is 1. The average molecular weight is 680 g/mol. The molecule has 0 saturated carbocycles. The standard InChI is InChI=1S/C33H35Cl2F3N4O4/c1-4-46-27-19-23(33(36,37)38)9-14-26(27)31-39-29(21-5-10-24(34)11-6-21)30(22-7-12-25(35)13-8-22)42(31)32(43)41-17-15-40(16-18-41)20-28(44-2)45-3/h5-14,19,28-30H,4,15-18,20H2,1-3H3. The second kappa shape index (κ2) is 14.6. The van der Waals surface area contributed by atoms with Crippen molar-refractivity contribution in [3.8, 4) is 5.75 Å². The number of hydrogen-bond acceptors (Lipinski definition) is 6. The number of ether oxygens (including phenoxy) is 3. The van der Waals surface area contributed by atoms with Crippen LogP contribution >= 0.6 is 23.2 Å². The molecule has 0 spiro atoms. The Morgan fingerprint density at radius 3 is 2.04 bits per heavy atom. The van der Waals surface area contributed by atoms with Gasteiger partial charge in [-0.05, 0) is 60.5 Å². The first kappa shape index (κ1) is 34.0. The highest BCUT2D eigenvalue weighted by atomic mass is 35.5. The second-order valence-electron chi connectivity index (χ2n) is 10.9. The van der Waals surface area contributed by atoms with Crippen LogP contribution in [0.1, 0.15) is 41.3 Å². The van der Waals surface area contributed by atoms with Crippen LogP contribution in [-0.4, -0.2) is 86.4 Å². The zero-order valence-electron chi connectivity index (χ0n) is 25.6. The summed E-state index contributed by atoms with van der Waals surface area (Å²) in [6, 6.07) is 16.0. The molecule has 0 radical (unpaired) electrons. The first-order valence-electron chi connectivity index (χ1n) is 14.8. The predicted molar refractivity (Wildman–Crippen MR) is 171 cm³/mol. The van der Waals surface area contributed by atoms with Crippen LogP contribution < -0.4 is 4.74 Å². The second-order valence-corrected chi connectivity index (χ2v) is 11.8. The van der Waals surface area contributed by atoms with Crippen LogP contribution in [0, 0.1) is 0 Å². The van der Waals surface area contributed by atoms with Gasteiger partial charge in [0.1, 0.15) is 17.6 Å². The Morgan fingerprint density at radius 1 is 0.913 bits per heavy atom. The lowest BCUT2D eigenvalue weighted by Crippen LogP contribution is -2.55. The zero-order chi connectivity index (χ0) is 33.0. The molecule has 2 aliphatic rings. The molecule has 8 nitrogen and oxygen atoms in total. The SMILES string of the molecule is CCOc1cc(C(F)(F)F)ccc1C1=NC(c2ccc(Cl)cc2)C(c2ccc(Cl)cc2)N1C(=O)N1CCN(CC(OC)OC)CC1. The lowest BCUT2D eigenvalue weighted by molar-refractivity contribution is -0.137. The van der Waals surface area contributed by atoms with Crippen LogP contribution in [0.15, 0.2) is 71.7 Å². The molecule has 0 N–H and O–H groups in total. The molecule has 5 rings (SSSR count). The molecule has 246 valence electrons. The van der Waals surface area contributed by atoms with E-state index in [0.717, 1.165) is 23.3 Å². The van der Waals surface area contributed by atoms with E-state index in [9.17, 15) is 18.0 Å². The Bertz CT molecular complexity index is 1530. The van der Waals surface area contributed by atoms with E-state index in [4.69, 9.17) is 42.4 Å². The van der Waals surface area contributed by atoms with Crippen molar-refractivity contribution in [2.75, 3.05) is 53.6 Å². The fourth-order valence-electron chi connectivity index (χ4n) is 5.74. The summed E-state index contributed by atoms with van der Waals surface area (Å²) in [6.07, 6.45) is -4.98. The molecule has 0 aliphatic carbocycles. The van der Waals surface area contributed by atoms with E-state index < -0.39 is 30.1 Å². The van der Waals surface area contributed by atoms with Crippen molar-refractivity contribution in [2.24, 2.45) is 4.99 Å².